The quantitative estimate of drug-likeness (QED) is 0.851. The van der Waals surface area contributed by atoms with Gasteiger partial charge in [0.15, 0.2) is 0 Å². The van der Waals surface area contributed by atoms with E-state index in [1.54, 1.807) is 16.9 Å². The average molecular weight is 238 g/mol. The van der Waals surface area contributed by atoms with E-state index in [1.807, 2.05) is 24.3 Å². The Bertz CT molecular complexity index is 466. The van der Waals surface area contributed by atoms with E-state index in [0.29, 0.717) is 5.15 Å². The van der Waals surface area contributed by atoms with Crippen LogP contribution in [0.3, 0.4) is 0 Å². The number of nitrogens with two attached hydrogens (primary N) is 1. The smallest absolute Gasteiger partial charge is 0.132 e. The number of aromatic nitrogens is 2. The zero-order chi connectivity index (χ0) is 11.5. The van der Waals surface area contributed by atoms with Gasteiger partial charge in [0.2, 0.25) is 0 Å². The minimum atomic E-state index is -0.345. The molecule has 1 unspecified atom stereocenters. The van der Waals surface area contributed by atoms with Crippen LogP contribution in [0, 0.1) is 0 Å². The lowest BCUT2D eigenvalue weighted by atomic mass is 10.1. The van der Waals surface area contributed by atoms with Gasteiger partial charge in [0, 0.05) is 0 Å². The van der Waals surface area contributed by atoms with Gasteiger partial charge in [-0.05, 0) is 23.8 Å². The van der Waals surface area contributed by atoms with E-state index in [1.165, 1.54) is 0 Å². The maximum atomic E-state index is 8.92. The van der Waals surface area contributed by atoms with Gasteiger partial charge in [-0.3, -0.25) is 0 Å². The van der Waals surface area contributed by atoms with Crippen molar-refractivity contribution in [1.82, 2.24) is 9.78 Å². The van der Waals surface area contributed by atoms with Gasteiger partial charge in [0.25, 0.3) is 0 Å². The maximum Gasteiger partial charge on any atom is 0.132 e. The summed E-state index contributed by atoms with van der Waals surface area (Å²) in [4.78, 5) is 0. The number of hydrogen-bond donors (Lipinski definition) is 2. The molecular weight excluding hydrogens is 226 g/mol. The summed E-state index contributed by atoms with van der Waals surface area (Å²) in [6.07, 6.45) is 1.63. The summed E-state index contributed by atoms with van der Waals surface area (Å²) < 4.78 is 1.62. The first-order valence-electron chi connectivity index (χ1n) is 4.88. The standard InChI is InChI=1S/C11H12ClN3O/c12-11-5-6-14-15(11)9-3-1-8(2-4-9)10(13)7-16/h1-6,10,16H,7,13H2. The number of nitrogens with zero attached hydrogens (tertiary/aromatic N) is 2. The van der Waals surface area contributed by atoms with Crippen LogP contribution in [0.4, 0.5) is 0 Å². The van der Waals surface area contributed by atoms with Crippen molar-refractivity contribution >= 4 is 11.6 Å². The monoisotopic (exact) mass is 237 g/mol. The van der Waals surface area contributed by atoms with Crippen LogP contribution in [0.1, 0.15) is 11.6 Å². The lowest BCUT2D eigenvalue weighted by molar-refractivity contribution is 0.268. The first-order valence-corrected chi connectivity index (χ1v) is 5.26. The molecule has 0 aliphatic carbocycles. The fourth-order valence-electron chi connectivity index (χ4n) is 1.45. The van der Waals surface area contributed by atoms with Gasteiger partial charge < -0.3 is 10.8 Å². The summed E-state index contributed by atoms with van der Waals surface area (Å²) >= 11 is 5.94. The van der Waals surface area contributed by atoms with E-state index in [-0.39, 0.29) is 12.6 Å². The highest BCUT2D eigenvalue weighted by molar-refractivity contribution is 6.29. The first-order chi connectivity index (χ1) is 7.72. The Morgan fingerprint density at radius 2 is 2.00 bits per heavy atom. The minimum absolute atomic E-state index is 0.0676. The Kier molecular flexibility index (Phi) is 3.24. The largest absolute Gasteiger partial charge is 0.394 e. The summed E-state index contributed by atoms with van der Waals surface area (Å²) in [7, 11) is 0. The number of aliphatic hydroxyl groups is 1. The van der Waals surface area contributed by atoms with Crippen molar-refractivity contribution in [1.29, 1.82) is 0 Å². The Morgan fingerprint density at radius 3 is 2.50 bits per heavy atom. The normalized spacial score (nSPS) is 12.7. The average Bonchev–Trinajstić information content (AvgIpc) is 2.75. The molecule has 0 aliphatic rings. The van der Waals surface area contributed by atoms with Crippen LogP contribution in [-0.4, -0.2) is 21.5 Å². The zero-order valence-electron chi connectivity index (χ0n) is 8.55. The van der Waals surface area contributed by atoms with Crippen LogP contribution in [0.15, 0.2) is 36.5 Å². The van der Waals surface area contributed by atoms with Crippen molar-refractivity contribution < 1.29 is 5.11 Å². The van der Waals surface area contributed by atoms with Crippen molar-refractivity contribution in [3.05, 3.63) is 47.2 Å². The fraction of sp³-hybridized carbons (Fsp3) is 0.182. The molecule has 0 spiro atoms. The molecule has 0 saturated carbocycles. The van der Waals surface area contributed by atoms with Crippen LogP contribution < -0.4 is 5.73 Å². The molecule has 84 valence electrons. The molecule has 0 amide bonds. The fourth-order valence-corrected chi connectivity index (χ4v) is 1.64. The minimum Gasteiger partial charge on any atom is -0.394 e. The second-order valence-electron chi connectivity index (χ2n) is 3.45. The van der Waals surface area contributed by atoms with Gasteiger partial charge in [0.1, 0.15) is 5.15 Å². The van der Waals surface area contributed by atoms with E-state index in [4.69, 9.17) is 22.4 Å². The van der Waals surface area contributed by atoms with Crippen LogP contribution in [-0.2, 0) is 0 Å². The third kappa shape index (κ3) is 2.09. The highest BCUT2D eigenvalue weighted by Gasteiger charge is 2.06. The van der Waals surface area contributed by atoms with E-state index < -0.39 is 0 Å². The maximum absolute atomic E-state index is 8.92. The summed E-state index contributed by atoms with van der Waals surface area (Å²) in [6.45, 7) is -0.0676. The van der Waals surface area contributed by atoms with Crippen LogP contribution >= 0.6 is 11.6 Å². The molecule has 0 fully saturated rings. The van der Waals surface area contributed by atoms with E-state index in [2.05, 4.69) is 5.10 Å². The van der Waals surface area contributed by atoms with Crippen LogP contribution in [0.5, 0.6) is 0 Å². The Morgan fingerprint density at radius 1 is 1.31 bits per heavy atom. The first kappa shape index (κ1) is 11.1. The van der Waals surface area contributed by atoms with Gasteiger partial charge in [-0.1, -0.05) is 23.7 Å². The molecule has 1 heterocycles. The molecule has 3 N–H and O–H groups in total. The molecular formula is C11H12ClN3O. The molecule has 1 atom stereocenters. The Labute approximate surface area is 98.3 Å². The van der Waals surface area contributed by atoms with E-state index in [0.717, 1.165) is 11.3 Å². The number of halogens is 1. The molecule has 0 radical (unpaired) electrons. The highest BCUT2D eigenvalue weighted by atomic mass is 35.5. The van der Waals surface area contributed by atoms with Crippen molar-refractivity contribution in [2.45, 2.75) is 6.04 Å². The van der Waals surface area contributed by atoms with Gasteiger partial charge in [-0.15, -0.1) is 0 Å². The summed E-state index contributed by atoms with van der Waals surface area (Å²) in [5.41, 5.74) is 7.44. The summed E-state index contributed by atoms with van der Waals surface area (Å²) in [6, 6.07) is 8.81. The lowest BCUT2D eigenvalue weighted by Gasteiger charge is -2.09. The second-order valence-corrected chi connectivity index (χ2v) is 3.83. The number of benzene rings is 1. The van der Waals surface area contributed by atoms with Gasteiger partial charge in [0.05, 0.1) is 24.5 Å². The van der Waals surface area contributed by atoms with Crippen molar-refractivity contribution in [3.8, 4) is 5.69 Å². The number of rotatable bonds is 3. The topological polar surface area (TPSA) is 64.1 Å². The molecule has 5 heteroatoms. The van der Waals surface area contributed by atoms with E-state index >= 15 is 0 Å². The molecule has 2 aromatic rings. The third-order valence-corrected chi connectivity index (χ3v) is 2.65. The lowest BCUT2D eigenvalue weighted by Crippen LogP contribution is -2.14. The number of hydrogen-bond acceptors (Lipinski definition) is 3. The van der Waals surface area contributed by atoms with Crippen molar-refractivity contribution in [3.63, 3.8) is 0 Å². The predicted molar refractivity (Wildman–Crippen MR) is 62.6 cm³/mol. The zero-order valence-corrected chi connectivity index (χ0v) is 9.30. The molecule has 2 rings (SSSR count). The summed E-state index contributed by atoms with van der Waals surface area (Å²) in [5, 5.41) is 13.6. The molecule has 0 aliphatic heterocycles. The molecule has 16 heavy (non-hydrogen) atoms. The summed E-state index contributed by atoms with van der Waals surface area (Å²) in [5.74, 6) is 0. The van der Waals surface area contributed by atoms with Gasteiger partial charge >= 0.3 is 0 Å². The van der Waals surface area contributed by atoms with Gasteiger partial charge in [-0.2, -0.15) is 5.10 Å². The number of aliphatic hydroxyl groups excluding tert-OH is 1. The SMILES string of the molecule is NC(CO)c1ccc(-n2nccc2Cl)cc1. The molecule has 1 aromatic heterocycles. The molecule has 0 bridgehead atoms. The van der Waals surface area contributed by atoms with Crippen molar-refractivity contribution in [2.24, 2.45) is 5.73 Å². The third-order valence-electron chi connectivity index (χ3n) is 2.36. The highest BCUT2D eigenvalue weighted by Crippen LogP contribution is 2.17. The second kappa shape index (κ2) is 4.65. The van der Waals surface area contributed by atoms with Gasteiger partial charge in [-0.25, -0.2) is 4.68 Å². The molecule has 4 nitrogen and oxygen atoms in total. The van der Waals surface area contributed by atoms with Crippen LogP contribution in [0.2, 0.25) is 5.15 Å². The predicted octanol–water partition coefficient (Wildman–Crippen LogP) is 1.52. The Hall–Kier alpha value is -1.36. The van der Waals surface area contributed by atoms with E-state index in [9.17, 15) is 0 Å². The molecule has 1 aromatic carbocycles. The Balaban J connectivity index is 2.30. The molecule has 0 saturated heterocycles. The van der Waals surface area contributed by atoms with Crippen molar-refractivity contribution in [2.75, 3.05) is 6.61 Å². The van der Waals surface area contributed by atoms with Crippen LogP contribution in [0.25, 0.3) is 5.69 Å².